The lowest BCUT2D eigenvalue weighted by Crippen LogP contribution is -2.36. The molecular formula is C8H8ClIO2. The Balaban J connectivity index is 2.09. The van der Waals surface area contributed by atoms with Crippen LogP contribution in [-0.4, -0.2) is 20.9 Å². The van der Waals surface area contributed by atoms with Crippen molar-refractivity contribution < 1.29 is 9.53 Å². The summed E-state index contributed by atoms with van der Waals surface area (Å²) in [6, 6.07) is 0. The monoisotopic (exact) mass is 298 g/mol. The van der Waals surface area contributed by atoms with Crippen LogP contribution in [0.15, 0.2) is 0 Å². The first-order valence-corrected chi connectivity index (χ1v) is 5.79. The topological polar surface area (TPSA) is 26.3 Å². The van der Waals surface area contributed by atoms with Crippen LogP contribution in [0.4, 0.5) is 0 Å². The molecule has 2 unspecified atom stereocenters. The SMILES string of the molecule is O=C1O[C@H]2C3C[C@@H](CC13Cl)[C@H]2I. The van der Waals surface area contributed by atoms with Crippen molar-refractivity contribution >= 4 is 40.2 Å². The molecule has 0 aromatic rings. The smallest absolute Gasteiger partial charge is 0.327 e. The van der Waals surface area contributed by atoms with Gasteiger partial charge in [0, 0.05) is 5.92 Å². The maximum Gasteiger partial charge on any atom is 0.327 e. The molecule has 66 valence electrons. The molecule has 12 heavy (non-hydrogen) atoms. The van der Waals surface area contributed by atoms with E-state index in [-0.39, 0.29) is 12.1 Å². The maximum atomic E-state index is 11.4. The zero-order chi connectivity index (χ0) is 8.51. The number of esters is 1. The van der Waals surface area contributed by atoms with Gasteiger partial charge in [-0.25, -0.2) is 0 Å². The van der Waals surface area contributed by atoms with E-state index in [0.717, 1.165) is 12.8 Å². The molecule has 1 heterocycles. The summed E-state index contributed by atoms with van der Waals surface area (Å²) in [5.74, 6) is 0.754. The number of halogens is 2. The second-order valence-corrected chi connectivity index (χ2v) is 6.10. The molecule has 0 amide bonds. The fourth-order valence-corrected chi connectivity index (χ4v) is 4.51. The average Bonchev–Trinajstić information content (AvgIpc) is 2.53. The highest BCUT2D eigenvalue weighted by atomic mass is 127. The third-order valence-corrected chi connectivity index (χ3v) is 5.76. The minimum absolute atomic E-state index is 0.120. The third-order valence-electron chi connectivity index (χ3n) is 3.45. The van der Waals surface area contributed by atoms with Gasteiger partial charge in [0.1, 0.15) is 11.0 Å². The molecule has 2 saturated carbocycles. The van der Waals surface area contributed by atoms with Gasteiger partial charge >= 0.3 is 5.97 Å². The Bertz CT molecular complexity index is 270. The van der Waals surface area contributed by atoms with Crippen molar-refractivity contribution in [2.75, 3.05) is 0 Å². The molecule has 4 heteroatoms. The Morgan fingerprint density at radius 3 is 3.00 bits per heavy atom. The Morgan fingerprint density at radius 2 is 2.42 bits per heavy atom. The Labute approximate surface area is 89.1 Å². The van der Waals surface area contributed by atoms with E-state index in [1.165, 1.54) is 0 Å². The maximum absolute atomic E-state index is 11.4. The minimum atomic E-state index is -0.628. The number of rotatable bonds is 0. The first-order chi connectivity index (χ1) is 5.63. The van der Waals surface area contributed by atoms with Crippen LogP contribution in [0.25, 0.3) is 0 Å². The molecule has 2 aliphatic carbocycles. The van der Waals surface area contributed by atoms with Gasteiger partial charge in [-0.2, -0.15) is 0 Å². The normalized spacial score (nSPS) is 61.0. The molecule has 1 aliphatic heterocycles. The summed E-state index contributed by atoms with van der Waals surface area (Å²) in [4.78, 5) is 10.8. The summed E-state index contributed by atoms with van der Waals surface area (Å²) in [6.45, 7) is 0. The van der Waals surface area contributed by atoms with E-state index in [9.17, 15) is 4.79 Å². The Kier molecular flexibility index (Phi) is 1.38. The number of carbonyl (C=O) groups is 1. The van der Waals surface area contributed by atoms with Crippen molar-refractivity contribution in [2.45, 2.75) is 27.7 Å². The van der Waals surface area contributed by atoms with E-state index in [4.69, 9.17) is 16.3 Å². The van der Waals surface area contributed by atoms with Gasteiger partial charge in [-0.3, -0.25) is 4.79 Å². The van der Waals surface area contributed by atoms with Crippen molar-refractivity contribution in [1.82, 2.24) is 0 Å². The molecule has 1 saturated heterocycles. The van der Waals surface area contributed by atoms with Crippen LogP contribution in [0.1, 0.15) is 12.8 Å². The summed E-state index contributed by atoms with van der Waals surface area (Å²) in [7, 11) is 0. The van der Waals surface area contributed by atoms with E-state index < -0.39 is 4.87 Å². The summed E-state index contributed by atoms with van der Waals surface area (Å²) in [6.07, 6.45) is 2.05. The number of hydrogen-bond acceptors (Lipinski definition) is 2. The van der Waals surface area contributed by atoms with Crippen LogP contribution < -0.4 is 0 Å². The lowest BCUT2D eigenvalue weighted by Gasteiger charge is -2.24. The molecule has 2 bridgehead atoms. The molecule has 0 aromatic carbocycles. The molecule has 3 rings (SSSR count). The van der Waals surface area contributed by atoms with Crippen LogP contribution in [0.3, 0.4) is 0 Å². The molecule has 3 fully saturated rings. The Hall–Kier alpha value is 0.490. The number of hydrogen-bond donors (Lipinski definition) is 0. The highest BCUT2D eigenvalue weighted by Gasteiger charge is 2.69. The van der Waals surface area contributed by atoms with Gasteiger partial charge in [-0.05, 0) is 18.8 Å². The molecule has 0 spiro atoms. The lowest BCUT2D eigenvalue weighted by atomic mass is 9.89. The van der Waals surface area contributed by atoms with E-state index in [2.05, 4.69) is 22.6 Å². The number of fused-ring (bicyclic) bond motifs is 1. The van der Waals surface area contributed by atoms with Crippen molar-refractivity contribution in [3.05, 3.63) is 0 Å². The Morgan fingerprint density at radius 1 is 1.67 bits per heavy atom. The quantitative estimate of drug-likeness (QED) is 0.387. The zero-order valence-corrected chi connectivity index (χ0v) is 9.21. The first kappa shape index (κ1) is 7.85. The van der Waals surface area contributed by atoms with Crippen molar-refractivity contribution in [1.29, 1.82) is 0 Å². The fourth-order valence-electron chi connectivity index (χ4n) is 2.86. The summed E-state index contributed by atoms with van der Waals surface area (Å²) < 4.78 is 5.78. The summed E-state index contributed by atoms with van der Waals surface area (Å²) >= 11 is 8.63. The molecule has 3 aliphatic rings. The lowest BCUT2D eigenvalue weighted by molar-refractivity contribution is -0.142. The van der Waals surface area contributed by atoms with Crippen molar-refractivity contribution in [3.8, 4) is 0 Å². The van der Waals surface area contributed by atoms with Gasteiger partial charge in [0.15, 0.2) is 0 Å². The molecule has 0 radical (unpaired) electrons. The third kappa shape index (κ3) is 0.672. The predicted octanol–water partition coefficient (Wildman–Crippen LogP) is 1.73. The number of ether oxygens (including phenoxy) is 1. The van der Waals surface area contributed by atoms with Gasteiger partial charge < -0.3 is 4.74 Å². The zero-order valence-electron chi connectivity index (χ0n) is 6.30. The number of carbonyl (C=O) groups excluding carboxylic acids is 1. The van der Waals surface area contributed by atoms with Gasteiger partial charge in [0.25, 0.3) is 0 Å². The van der Waals surface area contributed by atoms with E-state index in [1.54, 1.807) is 0 Å². The van der Waals surface area contributed by atoms with E-state index in [1.807, 2.05) is 0 Å². The van der Waals surface area contributed by atoms with Crippen LogP contribution in [0, 0.1) is 11.8 Å². The molecular weight excluding hydrogens is 290 g/mol. The molecule has 5 atom stereocenters. The van der Waals surface area contributed by atoms with Gasteiger partial charge in [-0.15, -0.1) is 11.6 Å². The van der Waals surface area contributed by atoms with Crippen LogP contribution >= 0.6 is 34.2 Å². The summed E-state index contributed by atoms with van der Waals surface area (Å²) in [5, 5.41) is 0. The largest absolute Gasteiger partial charge is 0.460 e. The fraction of sp³-hybridized carbons (Fsp3) is 0.875. The van der Waals surface area contributed by atoms with Crippen molar-refractivity contribution in [2.24, 2.45) is 11.8 Å². The second-order valence-electron chi connectivity index (χ2n) is 3.98. The van der Waals surface area contributed by atoms with Crippen LogP contribution in [-0.2, 0) is 9.53 Å². The van der Waals surface area contributed by atoms with Crippen LogP contribution in [0.5, 0.6) is 0 Å². The van der Waals surface area contributed by atoms with E-state index in [0.29, 0.717) is 15.8 Å². The standard InChI is InChI=1S/C8H8ClIO2/c9-8-2-3-1-4(8)6(5(3)10)12-7(8)11/h3-6H,1-2H2/t3-,4?,5+,6-,8?/m0/s1. The molecule has 2 nitrogen and oxygen atoms in total. The van der Waals surface area contributed by atoms with Crippen molar-refractivity contribution in [3.63, 3.8) is 0 Å². The second kappa shape index (κ2) is 2.11. The first-order valence-electron chi connectivity index (χ1n) is 4.17. The van der Waals surface area contributed by atoms with E-state index >= 15 is 0 Å². The van der Waals surface area contributed by atoms with Crippen LogP contribution in [0.2, 0.25) is 0 Å². The molecule has 0 N–H and O–H groups in total. The van der Waals surface area contributed by atoms with Gasteiger partial charge in [0.05, 0.1) is 3.92 Å². The van der Waals surface area contributed by atoms with Gasteiger partial charge in [0.2, 0.25) is 0 Å². The predicted molar refractivity (Wildman–Crippen MR) is 52.5 cm³/mol. The highest BCUT2D eigenvalue weighted by molar-refractivity contribution is 14.1. The summed E-state index contributed by atoms with van der Waals surface area (Å²) in [5.41, 5.74) is 0. The highest BCUT2D eigenvalue weighted by Crippen LogP contribution is 2.61. The molecule has 0 aromatic heterocycles. The number of alkyl halides is 2. The van der Waals surface area contributed by atoms with Gasteiger partial charge in [-0.1, -0.05) is 22.6 Å². The minimum Gasteiger partial charge on any atom is -0.460 e. The average molecular weight is 299 g/mol.